The Labute approximate surface area is 321 Å². The lowest BCUT2D eigenvalue weighted by Crippen LogP contribution is -2.47. The third kappa shape index (κ3) is 7.78. The highest BCUT2D eigenvalue weighted by molar-refractivity contribution is 6.09. The molecule has 1 aromatic carbocycles. The Hall–Kier alpha value is -3.91. The van der Waals surface area contributed by atoms with Crippen molar-refractivity contribution in [1.29, 1.82) is 0 Å². The fourth-order valence-electron chi connectivity index (χ4n) is 11.4. The molecule has 8 nitrogen and oxygen atoms in total. The van der Waals surface area contributed by atoms with Gasteiger partial charge < -0.3 is 4.90 Å². The van der Waals surface area contributed by atoms with Crippen LogP contribution in [0.15, 0.2) is 59.5 Å². The van der Waals surface area contributed by atoms with Crippen molar-refractivity contribution >= 4 is 34.1 Å². The molecule has 286 valence electrons. The predicted molar refractivity (Wildman–Crippen MR) is 216 cm³/mol. The molecule has 0 N–H and O–H groups in total. The average Bonchev–Trinajstić information content (AvgIpc) is 3.57. The Morgan fingerprint density at radius 1 is 0.889 bits per heavy atom. The zero-order valence-corrected chi connectivity index (χ0v) is 33.0. The second kappa shape index (κ2) is 15.3. The van der Waals surface area contributed by atoms with Gasteiger partial charge in [-0.1, -0.05) is 11.6 Å². The first kappa shape index (κ1) is 37.0. The van der Waals surface area contributed by atoms with Gasteiger partial charge in [0.05, 0.1) is 11.7 Å². The lowest BCUT2D eigenvalue weighted by molar-refractivity contribution is -0.127. The molecule has 3 aromatic rings. The summed E-state index contributed by atoms with van der Waals surface area (Å²) in [6.45, 7) is 13.1. The number of carbonyl (C=O) groups is 3. The molecule has 8 heteroatoms. The SMILES string of the molecule is CC1=CC(C)=C(CCC(=O)c2cc(-c3ccc(N4CCN(CCCCC(=O)CC56CC7CC(CC(C7)C5)C6)CC4)nc3)cc3c2cnn3C(C)C)C(=O)C1. The number of piperazine rings is 1. The minimum Gasteiger partial charge on any atom is -0.354 e. The van der Waals surface area contributed by atoms with Crippen LogP contribution in [0.25, 0.3) is 22.0 Å². The van der Waals surface area contributed by atoms with E-state index < -0.39 is 0 Å². The number of Topliss-reactive ketones (excluding diaryl/α,β-unsaturated/α-hetero) is 3. The molecular weight excluding hydrogens is 671 g/mol. The molecule has 1 saturated heterocycles. The number of allylic oxidation sites excluding steroid dienone is 4. The molecule has 6 aliphatic rings. The number of hydrogen-bond acceptors (Lipinski definition) is 7. The minimum absolute atomic E-state index is 0.0242. The van der Waals surface area contributed by atoms with Crippen molar-refractivity contribution in [1.82, 2.24) is 19.7 Å². The zero-order valence-electron chi connectivity index (χ0n) is 33.0. The number of carbonyl (C=O) groups excluding carboxylic acids is 3. The van der Waals surface area contributed by atoms with Crippen molar-refractivity contribution in [3.63, 3.8) is 0 Å². The number of hydrogen-bond donors (Lipinski definition) is 0. The van der Waals surface area contributed by atoms with Crippen LogP contribution in [-0.2, 0) is 9.59 Å². The molecule has 54 heavy (non-hydrogen) atoms. The molecule has 5 fully saturated rings. The standard InChI is InChI=1S/C46H59N5O3/c1-30(2)51-42-23-37(22-40(41(42)29-48-51)43(53)10-9-39-32(4)17-31(3)18-44(39)54)36-8-11-45(47-28-36)50-15-13-49(14-16-50)12-6-5-7-38(52)27-46-24-33-19-34(25-46)21-35(20-33)26-46/h8,11,17,22-23,28-30,33-35H,5-7,9-10,12-16,18-21,24-27H2,1-4H3. The van der Waals surface area contributed by atoms with Gasteiger partial charge in [0.25, 0.3) is 0 Å². The van der Waals surface area contributed by atoms with Crippen LogP contribution in [0.5, 0.6) is 0 Å². The molecule has 4 saturated carbocycles. The Bertz CT molecular complexity index is 1940. The fourth-order valence-corrected chi connectivity index (χ4v) is 11.4. The van der Waals surface area contributed by atoms with Crippen molar-refractivity contribution in [2.75, 3.05) is 37.6 Å². The molecule has 5 aliphatic carbocycles. The van der Waals surface area contributed by atoms with E-state index in [1.165, 1.54) is 38.5 Å². The summed E-state index contributed by atoms with van der Waals surface area (Å²) < 4.78 is 1.98. The van der Waals surface area contributed by atoms with Gasteiger partial charge in [0, 0.05) is 80.6 Å². The Kier molecular flexibility index (Phi) is 10.5. The van der Waals surface area contributed by atoms with E-state index in [0.29, 0.717) is 29.6 Å². The van der Waals surface area contributed by atoms with Gasteiger partial charge in [-0.15, -0.1) is 0 Å². The molecule has 2 aromatic heterocycles. The number of nitrogens with zero attached hydrogens (tertiary/aromatic N) is 5. The quantitative estimate of drug-likeness (QED) is 0.121. The van der Waals surface area contributed by atoms with Gasteiger partial charge in [0.15, 0.2) is 11.6 Å². The Balaban J connectivity index is 0.854. The van der Waals surface area contributed by atoms with Gasteiger partial charge >= 0.3 is 0 Å². The van der Waals surface area contributed by atoms with E-state index in [9.17, 15) is 14.4 Å². The van der Waals surface area contributed by atoms with Crippen LogP contribution >= 0.6 is 0 Å². The first-order valence-electron chi connectivity index (χ1n) is 20.9. The van der Waals surface area contributed by atoms with E-state index >= 15 is 0 Å². The first-order valence-corrected chi connectivity index (χ1v) is 20.9. The lowest BCUT2D eigenvalue weighted by atomic mass is 9.48. The number of unbranched alkanes of at least 4 members (excludes halogenated alkanes) is 1. The van der Waals surface area contributed by atoms with E-state index in [4.69, 9.17) is 4.98 Å². The molecule has 0 radical (unpaired) electrons. The normalized spacial score (nSPS) is 25.6. The van der Waals surface area contributed by atoms with Crippen molar-refractivity contribution in [3.8, 4) is 11.1 Å². The Morgan fingerprint density at radius 2 is 1.61 bits per heavy atom. The van der Waals surface area contributed by atoms with Crippen LogP contribution in [0.3, 0.4) is 0 Å². The molecule has 0 unspecified atom stereocenters. The largest absolute Gasteiger partial charge is 0.354 e. The van der Waals surface area contributed by atoms with E-state index in [2.05, 4.69) is 53.0 Å². The highest BCUT2D eigenvalue weighted by atomic mass is 16.1. The monoisotopic (exact) mass is 729 g/mol. The van der Waals surface area contributed by atoms with E-state index in [0.717, 1.165) is 121 Å². The van der Waals surface area contributed by atoms with Crippen LogP contribution in [0.4, 0.5) is 5.82 Å². The average molecular weight is 730 g/mol. The summed E-state index contributed by atoms with van der Waals surface area (Å²) in [6, 6.07) is 8.46. The highest BCUT2D eigenvalue weighted by Crippen LogP contribution is 2.61. The van der Waals surface area contributed by atoms with E-state index in [1.54, 1.807) is 6.20 Å². The van der Waals surface area contributed by atoms with Crippen molar-refractivity contribution < 1.29 is 14.4 Å². The smallest absolute Gasteiger partial charge is 0.163 e. The van der Waals surface area contributed by atoms with Crippen LogP contribution in [0, 0.1) is 23.2 Å². The minimum atomic E-state index is 0.0242. The summed E-state index contributed by atoms with van der Waals surface area (Å²) in [5.74, 6) is 4.40. The van der Waals surface area contributed by atoms with Gasteiger partial charge in [0.2, 0.25) is 0 Å². The maximum Gasteiger partial charge on any atom is 0.163 e. The highest BCUT2D eigenvalue weighted by Gasteiger charge is 2.51. The van der Waals surface area contributed by atoms with Crippen molar-refractivity contribution in [3.05, 3.63) is 65.0 Å². The summed E-state index contributed by atoms with van der Waals surface area (Å²) in [7, 11) is 0. The number of benzene rings is 1. The van der Waals surface area contributed by atoms with E-state index in [-0.39, 0.29) is 24.0 Å². The molecule has 0 amide bonds. The van der Waals surface area contributed by atoms with Gasteiger partial charge in [-0.05, 0) is 156 Å². The molecule has 4 bridgehead atoms. The first-order chi connectivity index (χ1) is 26.0. The molecule has 0 atom stereocenters. The third-order valence-corrected chi connectivity index (χ3v) is 13.5. The maximum absolute atomic E-state index is 13.8. The maximum atomic E-state index is 13.8. The third-order valence-electron chi connectivity index (χ3n) is 13.5. The van der Waals surface area contributed by atoms with Crippen molar-refractivity contribution in [2.45, 2.75) is 117 Å². The van der Waals surface area contributed by atoms with Crippen molar-refractivity contribution in [2.24, 2.45) is 23.2 Å². The molecule has 0 spiro atoms. The summed E-state index contributed by atoms with van der Waals surface area (Å²) in [5, 5.41) is 5.50. The summed E-state index contributed by atoms with van der Waals surface area (Å²) >= 11 is 0. The number of rotatable bonds is 14. The second-order valence-electron chi connectivity index (χ2n) is 18.1. The predicted octanol–water partition coefficient (Wildman–Crippen LogP) is 9.35. The van der Waals surface area contributed by atoms with Gasteiger partial charge in [-0.3, -0.25) is 24.0 Å². The lowest BCUT2D eigenvalue weighted by Gasteiger charge is -2.56. The molecule has 3 heterocycles. The van der Waals surface area contributed by atoms with Crippen LogP contribution in [0.1, 0.15) is 128 Å². The number of fused-ring (bicyclic) bond motifs is 1. The number of aromatic nitrogens is 3. The topological polar surface area (TPSA) is 88.4 Å². The fraction of sp³-hybridized carbons (Fsp3) is 0.587. The van der Waals surface area contributed by atoms with Gasteiger partial charge in [0.1, 0.15) is 11.6 Å². The summed E-state index contributed by atoms with van der Waals surface area (Å²) in [6.07, 6.45) is 19.0. The Morgan fingerprint density at radius 3 is 2.26 bits per heavy atom. The molecular formula is C46H59N5O3. The van der Waals surface area contributed by atoms with Crippen LogP contribution in [-0.4, -0.2) is 69.7 Å². The second-order valence-corrected chi connectivity index (χ2v) is 18.1. The van der Waals surface area contributed by atoms with Crippen LogP contribution < -0.4 is 4.90 Å². The summed E-state index contributed by atoms with van der Waals surface area (Å²) in [4.78, 5) is 49.5. The number of pyridine rings is 1. The van der Waals surface area contributed by atoms with E-state index in [1.807, 2.05) is 30.8 Å². The molecule has 9 rings (SSSR count). The summed E-state index contributed by atoms with van der Waals surface area (Å²) in [5.41, 5.74) is 6.67. The zero-order chi connectivity index (χ0) is 37.6. The number of anilines is 1. The van der Waals surface area contributed by atoms with Crippen LogP contribution in [0.2, 0.25) is 0 Å². The molecule has 1 aliphatic heterocycles. The number of ketones is 3. The van der Waals surface area contributed by atoms with Gasteiger partial charge in [-0.25, -0.2) is 4.98 Å². The van der Waals surface area contributed by atoms with Gasteiger partial charge in [-0.2, -0.15) is 5.10 Å².